The lowest BCUT2D eigenvalue weighted by molar-refractivity contribution is -0.288. The third-order valence-corrected chi connectivity index (χ3v) is 3.63. The first kappa shape index (κ1) is 17.0. The molecule has 1 heterocycles. The molecule has 0 radical (unpaired) electrons. The van der Waals surface area contributed by atoms with Gasteiger partial charge in [0, 0.05) is 16.5 Å². The summed E-state index contributed by atoms with van der Waals surface area (Å²) in [5.41, 5.74) is -2.45. The summed E-state index contributed by atoms with van der Waals surface area (Å²) in [6, 6.07) is 7.40. The van der Waals surface area contributed by atoms with E-state index in [1.165, 1.54) is 18.2 Å². The van der Waals surface area contributed by atoms with Gasteiger partial charge in [0.15, 0.2) is 0 Å². The molecule has 25 heavy (non-hydrogen) atoms. The maximum atomic E-state index is 13.8. The molecule has 130 valence electrons. The summed E-state index contributed by atoms with van der Waals surface area (Å²) in [6.07, 6.45) is -5.87. The molecule has 0 saturated heterocycles. The predicted molar refractivity (Wildman–Crippen MR) is 77.7 cm³/mol. The van der Waals surface area contributed by atoms with Crippen molar-refractivity contribution >= 4 is 10.8 Å². The second-order valence-corrected chi connectivity index (χ2v) is 5.21. The highest BCUT2D eigenvalue weighted by Gasteiger charge is 2.59. The first-order valence-electron chi connectivity index (χ1n) is 6.85. The van der Waals surface area contributed by atoms with Crippen molar-refractivity contribution in [2.75, 3.05) is 0 Å². The fourth-order valence-corrected chi connectivity index (χ4v) is 2.46. The molecule has 9 heteroatoms. The summed E-state index contributed by atoms with van der Waals surface area (Å²) < 4.78 is 78.8. The van der Waals surface area contributed by atoms with Crippen LogP contribution in [0, 0.1) is 5.82 Å². The van der Waals surface area contributed by atoms with Crippen molar-refractivity contribution in [2.45, 2.75) is 12.1 Å². The van der Waals surface area contributed by atoms with Crippen LogP contribution in [0.2, 0.25) is 0 Å². The molecule has 0 aliphatic carbocycles. The van der Waals surface area contributed by atoms with Gasteiger partial charge in [0.1, 0.15) is 5.82 Å². The summed E-state index contributed by atoms with van der Waals surface area (Å²) >= 11 is 0. The summed E-state index contributed by atoms with van der Waals surface area (Å²) in [7, 11) is 0. The predicted octanol–water partition coefficient (Wildman–Crippen LogP) is 4.38. The maximum absolute atomic E-state index is 13.8. The van der Waals surface area contributed by atoms with E-state index in [1.807, 2.05) is 5.10 Å². The second-order valence-electron chi connectivity index (χ2n) is 5.21. The van der Waals surface area contributed by atoms with E-state index in [1.54, 1.807) is 0 Å². The van der Waals surface area contributed by atoms with Crippen LogP contribution in [0.3, 0.4) is 0 Å². The molecule has 0 fully saturated rings. The molecule has 0 aliphatic rings. The topological polar surface area (TPSA) is 45.8 Å². The van der Waals surface area contributed by atoms with Crippen molar-refractivity contribution in [1.29, 1.82) is 0 Å². The summed E-state index contributed by atoms with van der Waals surface area (Å²) in [4.78, 5) is 11.9. The van der Waals surface area contributed by atoms with Crippen molar-refractivity contribution in [3.8, 4) is 11.3 Å². The first-order valence-corrected chi connectivity index (χ1v) is 6.85. The molecular formula is C16H8F6N2O. The number of rotatable bonds is 2. The summed E-state index contributed by atoms with van der Waals surface area (Å²) in [5.74, 6) is -5.79. The average molecular weight is 358 g/mol. The molecule has 0 amide bonds. The number of halogens is 6. The zero-order chi connectivity index (χ0) is 18.4. The molecule has 0 aliphatic heterocycles. The third-order valence-electron chi connectivity index (χ3n) is 3.63. The Hall–Kier alpha value is -2.84. The van der Waals surface area contributed by atoms with Gasteiger partial charge in [-0.1, -0.05) is 18.2 Å². The summed E-state index contributed by atoms with van der Waals surface area (Å²) in [5, 5.41) is 4.61. The second kappa shape index (κ2) is 5.61. The Kier molecular flexibility index (Phi) is 3.81. The van der Waals surface area contributed by atoms with Gasteiger partial charge >= 0.3 is 12.1 Å². The Balaban J connectivity index is 2.36. The van der Waals surface area contributed by atoms with Crippen LogP contribution in [0.15, 0.2) is 47.3 Å². The largest absolute Gasteiger partial charge is 0.458 e. The zero-order valence-electron chi connectivity index (χ0n) is 12.2. The lowest BCUT2D eigenvalue weighted by atomic mass is 9.97. The minimum Gasteiger partial charge on any atom is -0.267 e. The van der Waals surface area contributed by atoms with E-state index in [0.29, 0.717) is 6.07 Å². The number of alkyl halides is 5. The molecule has 1 aromatic heterocycles. The Labute approximate surface area is 135 Å². The standard InChI is InChI=1S/C16H8F6N2O/c17-9-6-4-8(5-7-9)13-10-2-1-3-11(12(10)14(25)24-23-13)15(18,19)16(20,21)22/h1-7H,(H,24,25). The molecule has 0 unspecified atom stereocenters. The number of aromatic nitrogens is 2. The highest BCUT2D eigenvalue weighted by Crippen LogP contribution is 2.45. The minimum atomic E-state index is -5.87. The van der Waals surface area contributed by atoms with Gasteiger partial charge < -0.3 is 0 Å². The van der Waals surface area contributed by atoms with Crippen LogP contribution in [-0.4, -0.2) is 16.4 Å². The zero-order valence-corrected chi connectivity index (χ0v) is 12.2. The fourth-order valence-electron chi connectivity index (χ4n) is 2.46. The van der Waals surface area contributed by atoms with Gasteiger partial charge in [0.2, 0.25) is 0 Å². The van der Waals surface area contributed by atoms with E-state index < -0.39 is 34.4 Å². The average Bonchev–Trinajstić information content (AvgIpc) is 2.55. The Morgan fingerprint density at radius 3 is 2.16 bits per heavy atom. The van der Waals surface area contributed by atoms with Crippen LogP contribution in [0.4, 0.5) is 26.3 Å². The van der Waals surface area contributed by atoms with Crippen LogP contribution in [0.25, 0.3) is 22.0 Å². The van der Waals surface area contributed by atoms with Crippen LogP contribution < -0.4 is 5.56 Å². The van der Waals surface area contributed by atoms with Crippen molar-refractivity contribution in [1.82, 2.24) is 10.2 Å². The van der Waals surface area contributed by atoms with Crippen molar-refractivity contribution in [2.24, 2.45) is 0 Å². The number of hydrogen-bond acceptors (Lipinski definition) is 2. The Bertz CT molecular complexity index is 992. The van der Waals surface area contributed by atoms with Crippen LogP contribution in [0.1, 0.15) is 5.56 Å². The highest BCUT2D eigenvalue weighted by atomic mass is 19.4. The molecular weight excluding hydrogens is 350 g/mol. The number of nitrogens with one attached hydrogen (secondary N) is 1. The monoisotopic (exact) mass is 358 g/mol. The van der Waals surface area contributed by atoms with E-state index >= 15 is 0 Å². The molecule has 0 saturated carbocycles. The normalized spacial score (nSPS) is 12.6. The summed E-state index contributed by atoms with van der Waals surface area (Å²) in [6.45, 7) is 0. The molecule has 1 N–H and O–H groups in total. The lowest BCUT2D eigenvalue weighted by Gasteiger charge is -2.21. The molecule has 0 bridgehead atoms. The minimum absolute atomic E-state index is 0.0468. The molecule has 3 rings (SSSR count). The number of H-pyrrole nitrogens is 1. The number of nitrogens with zero attached hydrogens (tertiary/aromatic N) is 1. The lowest BCUT2D eigenvalue weighted by Crippen LogP contribution is -2.34. The molecule has 3 aromatic rings. The van der Waals surface area contributed by atoms with E-state index in [9.17, 15) is 31.1 Å². The van der Waals surface area contributed by atoms with Crippen molar-refractivity contribution in [3.63, 3.8) is 0 Å². The van der Waals surface area contributed by atoms with E-state index in [0.717, 1.165) is 18.2 Å². The van der Waals surface area contributed by atoms with Gasteiger partial charge in [-0.25, -0.2) is 9.49 Å². The first-order chi connectivity index (χ1) is 11.6. The van der Waals surface area contributed by atoms with E-state index in [2.05, 4.69) is 5.10 Å². The van der Waals surface area contributed by atoms with Gasteiger partial charge in [0.25, 0.3) is 5.56 Å². The van der Waals surface area contributed by atoms with E-state index in [4.69, 9.17) is 0 Å². The van der Waals surface area contributed by atoms with Crippen molar-refractivity contribution in [3.05, 3.63) is 64.2 Å². The molecule has 0 atom stereocenters. The number of aromatic amines is 1. The van der Waals surface area contributed by atoms with E-state index in [-0.39, 0.29) is 16.6 Å². The van der Waals surface area contributed by atoms with Crippen LogP contribution in [-0.2, 0) is 5.92 Å². The fraction of sp³-hybridized carbons (Fsp3) is 0.125. The molecule has 3 nitrogen and oxygen atoms in total. The van der Waals surface area contributed by atoms with Crippen LogP contribution >= 0.6 is 0 Å². The smallest absolute Gasteiger partial charge is 0.267 e. The Morgan fingerprint density at radius 1 is 0.920 bits per heavy atom. The van der Waals surface area contributed by atoms with Gasteiger partial charge in [-0.15, -0.1) is 0 Å². The third kappa shape index (κ3) is 2.75. The van der Waals surface area contributed by atoms with Gasteiger partial charge in [-0.05, 0) is 24.3 Å². The Morgan fingerprint density at radius 2 is 1.56 bits per heavy atom. The highest BCUT2D eigenvalue weighted by molar-refractivity contribution is 5.96. The van der Waals surface area contributed by atoms with Crippen LogP contribution in [0.5, 0.6) is 0 Å². The quantitative estimate of drug-likeness (QED) is 0.691. The van der Waals surface area contributed by atoms with Gasteiger partial charge in [0.05, 0.1) is 11.1 Å². The van der Waals surface area contributed by atoms with Gasteiger partial charge in [-0.3, -0.25) is 4.79 Å². The maximum Gasteiger partial charge on any atom is 0.458 e. The number of hydrogen-bond donors (Lipinski definition) is 1. The number of fused-ring (bicyclic) bond motifs is 1. The van der Waals surface area contributed by atoms with Crippen molar-refractivity contribution < 1.29 is 26.3 Å². The SMILES string of the molecule is O=c1[nH]nc(-c2ccc(F)cc2)c2cccc(C(F)(F)C(F)(F)F)c12. The molecule has 0 spiro atoms. The molecule has 2 aromatic carbocycles. The number of benzene rings is 2. The van der Waals surface area contributed by atoms with Gasteiger partial charge in [-0.2, -0.15) is 27.1 Å².